The maximum Gasteiger partial charge on any atom is 0.240 e. The third kappa shape index (κ3) is 4.95. The van der Waals surface area contributed by atoms with Crippen LogP contribution in [0.1, 0.15) is 0 Å². The van der Waals surface area contributed by atoms with Gasteiger partial charge >= 0.3 is 0 Å². The van der Waals surface area contributed by atoms with Crippen LogP contribution in [0, 0.1) is 5.82 Å². The Hall–Kier alpha value is -1.07. The van der Waals surface area contributed by atoms with Crippen LogP contribution in [0.15, 0.2) is 28.0 Å². The van der Waals surface area contributed by atoms with Gasteiger partial charge in [0.25, 0.3) is 0 Å². The third-order valence-electron chi connectivity index (χ3n) is 3.54. The summed E-state index contributed by atoms with van der Waals surface area (Å²) in [4.78, 5) is 1.31. The summed E-state index contributed by atoms with van der Waals surface area (Å²) >= 11 is 0. The van der Waals surface area contributed by atoms with E-state index in [1.165, 1.54) is 0 Å². The number of halogens is 1. The van der Waals surface area contributed by atoms with E-state index in [9.17, 15) is 21.2 Å². The monoisotopic (exact) mass is 365 g/mol. The summed E-state index contributed by atoms with van der Waals surface area (Å²) in [5.74, 6) is -1.07. The van der Waals surface area contributed by atoms with E-state index in [0.717, 1.165) is 50.6 Å². The molecule has 10 heteroatoms. The van der Waals surface area contributed by atoms with Crippen LogP contribution >= 0.6 is 0 Å². The molecule has 7 nitrogen and oxygen atoms in total. The van der Waals surface area contributed by atoms with Gasteiger partial charge in [-0.1, -0.05) is 0 Å². The Morgan fingerprint density at radius 1 is 1.22 bits per heavy atom. The van der Waals surface area contributed by atoms with Crippen molar-refractivity contribution in [2.45, 2.75) is 9.79 Å². The molecule has 0 bridgehead atoms. The molecule has 0 spiro atoms. The van der Waals surface area contributed by atoms with Crippen LogP contribution in [0.4, 0.5) is 4.39 Å². The largest absolute Gasteiger partial charge is 0.314 e. The van der Waals surface area contributed by atoms with Crippen molar-refractivity contribution in [3.63, 3.8) is 0 Å². The molecule has 130 valence electrons. The van der Waals surface area contributed by atoms with E-state index in [1.807, 2.05) is 0 Å². The molecule has 1 aromatic rings. The SMILES string of the molecule is CS(=O)(=O)c1ccc(S(=O)(=O)NCCN2CCNCC2)cc1F. The van der Waals surface area contributed by atoms with Crippen LogP contribution in [-0.2, 0) is 19.9 Å². The first-order valence-electron chi connectivity index (χ1n) is 7.12. The number of piperazine rings is 1. The Bertz CT molecular complexity index is 759. The van der Waals surface area contributed by atoms with Crippen molar-refractivity contribution in [3.8, 4) is 0 Å². The molecule has 0 atom stereocenters. The van der Waals surface area contributed by atoms with E-state index in [0.29, 0.717) is 6.54 Å². The number of nitrogens with one attached hydrogen (secondary N) is 2. The van der Waals surface area contributed by atoms with Gasteiger partial charge in [-0.2, -0.15) is 0 Å². The van der Waals surface area contributed by atoms with Gasteiger partial charge in [-0.05, 0) is 18.2 Å². The number of hydrogen-bond acceptors (Lipinski definition) is 6. The molecule has 1 saturated heterocycles. The highest BCUT2D eigenvalue weighted by Gasteiger charge is 2.20. The van der Waals surface area contributed by atoms with Gasteiger partial charge in [-0.25, -0.2) is 25.9 Å². The molecule has 0 aliphatic carbocycles. The van der Waals surface area contributed by atoms with E-state index in [4.69, 9.17) is 0 Å². The molecule has 0 amide bonds. The van der Waals surface area contributed by atoms with Gasteiger partial charge in [0, 0.05) is 45.5 Å². The van der Waals surface area contributed by atoms with Gasteiger partial charge < -0.3 is 5.32 Å². The molecule has 2 rings (SSSR count). The minimum Gasteiger partial charge on any atom is -0.314 e. The van der Waals surface area contributed by atoms with Crippen molar-refractivity contribution in [3.05, 3.63) is 24.0 Å². The zero-order valence-electron chi connectivity index (χ0n) is 12.7. The van der Waals surface area contributed by atoms with E-state index in [-0.39, 0.29) is 11.4 Å². The Kier molecular flexibility index (Phi) is 5.74. The van der Waals surface area contributed by atoms with Crippen molar-refractivity contribution < 1.29 is 21.2 Å². The van der Waals surface area contributed by atoms with Crippen molar-refractivity contribution in [2.24, 2.45) is 0 Å². The van der Waals surface area contributed by atoms with Gasteiger partial charge in [0.05, 0.1) is 4.90 Å². The van der Waals surface area contributed by atoms with Gasteiger partial charge in [0.1, 0.15) is 10.7 Å². The summed E-state index contributed by atoms with van der Waals surface area (Å²) < 4.78 is 63.2. The second-order valence-electron chi connectivity index (χ2n) is 5.35. The summed E-state index contributed by atoms with van der Waals surface area (Å²) in [7, 11) is -7.60. The third-order valence-corrected chi connectivity index (χ3v) is 6.13. The predicted molar refractivity (Wildman–Crippen MR) is 84.0 cm³/mol. The molecule has 23 heavy (non-hydrogen) atoms. The summed E-state index contributed by atoms with van der Waals surface area (Å²) in [6.07, 6.45) is 0.866. The Labute approximate surface area is 135 Å². The summed E-state index contributed by atoms with van der Waals surface area (Å²) in [6.45, 7) is 4.19. The fraction of sp³-hybridized carbons (Fsp3) is 0.538. The number of nitrogens with zero attached hydrogens (tertiary/aromatic N) is 1. The van der Waals surface area contributed by atoms with E-state index in [2.05, 4.69) is 14.9 Å². The molecule has 0 unspecified atom stereocenters. The Balaban J connectivity index is 2.03. The molecule has 1 heterocycles. The van der Waals surface area contributed by atoms with Gasteiger partial charge in [0.15, 0.2) is 9.84 Å². The molecule has 0 radical (unpaired) electrons. The number of hydrogen-bond donors (Lipinski definition) is 2. The number of benzene rings is 1. The minimum absolute atomic E-state index is 0.206. The quantitative estimate of drug-likeness (QED) is 0.700. The van der Waals surface area contributed by atoms with Crippen LogP contribution in [0.25, 0.3) is 0 Å². The molecular weight excluding hydrogens is 345 g/mol. The second-order valence-corrected chi connectivity index (χ2v) is 9.10. The lowest BCUT2D eigenvalue weighted by Gasteiger charge is -2.27. The maximum atomic E-state index is 13.8. The smallest absolute Gasteiger partial charge is 0.240 e. The first-order valence-corrected chi connectivity index (χ1v) is 10.5. The van der Waals surface area contributed by atoms with Crippen LogP contribution < -0.4 is 10.0 Å². The van der Waals surface area contributed by atoms with E-state index < -0.39 is 30.6 Å². The highest BCUT2D eigenvalue weighted by atomic mass is 32.2. The molecule has 0 aromatic heterocycles. The highest BCUT2D eigenvalue weighted by molar-refractivity contribution is 7.90. The van der Waals surface area contributed by atoms with Crippen LogP contribution in [0.5, 0.6) is 0 Å². The lowest BCUT2D eigenvalue weighted by atomic mass is 10.3. The van der Waals surface area contributed by atoms with Crippen molar-refractivity contribution in [2.75, 3.05) is 45.5 Å². The van der Waals surface area contributed by atoms with Crippen LogP contribution in [-0.4, -0.2) is 67.3 Å². The average molecular weight is 365 g/mol. The molecule has 1 aromatic carbocycles. The maximum absolute atomic E-state index is 13.8. The standard InChI is InChI=1S/C13H20FN3O4S2/c1-22(18,19)13-3-2-11(10-12(13)14)23(20,21)16-6-9-17-7-4-15-5-8-17/h2-3,10,15-16H,4-9H2,1H3. The van der Waals surface area contributed by atoms with Gasteiger partial charge in [0.2, 0.25) is 10.0 Å². The number of sulfonamides is 1. The zero-order chi connectivity index (χ0) is 17.1. The summed E-state index contributed by atoms with van der Waals surface area (Å²) in [6, 6.07) is 2.78. The molecule has 1 fully saturated rings. The van der Waals surface area contributed by atoms with Crippen molar-refractivity contribution in [1.29, 1.82) is 0 Å². The second kappa shape index (κ2) is 7.22. The fourth-order valence-electron chi connectivity index (χ4n) is 2.31. The highest BCUT2D eigenvalue weighted by Crippen LogP contribution is 2.18. The fourth-order valence-corrected chi connectivity index (χ4v) is 4.07. The van der Waals surface area contributed by atoms with Crippen molar-refractivity contribution in [1.82, 2.24) is 14.9 Å². The average Bonchev–Trinajstić information content (AvgIpc) is 2.46. The number of sulfone groups is 1. The molecular formula is C13H20FN3O4S2. The normalized spacial score (nSPS) is 17.3. The predicted octanol–water partition coefficient (Wildman–Crippen LogP) is -0.587. The summed E-state index contributed by atoms with van der Waals surface area (Å²) in [5, 5.41) is 3.20. The Morgan fingerprint density at radius 3 is 2.43 bits per heavy atom. The lowest BCUT2D eigenvalue weighted by molar-refractivity contribution is 0.245. The molecule has 0 saturated carbocycles. The van der Waals surface area contributed by atoms with Crippen LogP contribution in [0.2, 0.25) is 0 Å². The minimum atomic E-state index is -3.87. The Morgan fingerprint density at radius 2 is 1.87 bits per heavy atom. The molecule has 2 N–H and O–H groups in total. The van der Waals surface area contributed by atoms with Crippen LogP contribution in [0.3, 0.4) is 0 Å². The topological polar surface area (TPSA) is 95.6 Å². The molecule has 1 aliphatic heterocycles. The van der Waals surface area contributed by atoms with Gasteiger partial charge in [-0.15, -0.1) is 0 Å². The van der Waals surface area contributed by atoms with E-state index >= 15 is 0 Å². The van der Waals surface area contributed by atoms with Gasteiger partial charge in [-0.3, -0.25) is 4.90 Å². The van der Waals surface area contributed by atoms with E-state index in [1.54, 1.807) is 0 Å². The zero-order valence-corrected chi connectivity index (χ0v) is 14.4. The molecule has 1 aliphatic rings. The first kappa shape index (κ1) is 18.3. The summed E-state index contributed by atoms with van der Waals surface area (Å²) in [5.41, 5.74) is 0. The van der Waals surface area contributed by atoms with Crippen molar-refractivity contribution >= 4 is 19.9 Å². The lowest BCUT2D eigenvalue weighted by Crippen LogP contribution is -2.46. The first-order chi connectivity index (χ1) is 10.7. The number of rotatable bonds is 6.